The van der Waals surface area contributed by atoms with E-state index in [-0.39, 0.29) is 0 Å². The van der Waals surface area contributed by atoms with Crippen molar-refractivity contribution >= 4 is 0 Å². The van der Waals surface area contributed by atoms with E-state index in [4.69, 9.17) is 9.47 Å². The Balaban J connectivity index is 1.35. The van der Waals surface area contributed by atoms with Crippen LogP contribution in [0.3, 0.4) is 0 Å². The molecule has 18 heavy (non-hydrogen) atoms. The first-order valence-electron chi connectivity index (χ1n) is 7.59. The molecule has 0 aromatic carbocycles. The van der Waals surface area contributed by atoms with Crippen molar-refractivity contribution < 1.29 is 9.47 Å². The van der Waals surface area contributed by atoms with Gasteiger partial charge in [-0.25, -0.2) is 0 Å². The minimum absolute atomic E-state index is 0.901. The van der Waals surface area contributed by atoms with Crippen molar-refractivity contribution in [2.45, 2.75) is 64.2 Å². The van der Waals surface area contributed by atoms with Crippen LogP contribution in [0, 0.1) is 0 Å². The van der Waals surface area contributed by atoms with Crippen LogP contribution in [0.2, 0.25) is 0 Å². The van der Waals surface area contributed by atoms with E-state index in [0.717, 1.165) is 26.1 Å². The molecular weight excluding hydrogens is 224 g/mol. The average molecular weight is 250 g/mol. The zero-order valence-corrected chi connectivity index (χ0v) is 11.5. The molecule has 0 saturated carbocycles. The first kappa shape index (κ1) is 13.5. The molecule has 2 aliphatic rings. The topological polar surface area (TPSA) is 18.5 Å². The zero-order valence-electron chi connectivity index (χ0n) is 11.5. The lowest BCUT2D eigenvalue weighted by molar-refractivity contribution is 0.188. The highest BCUT2D eigenvalue weighted by Gasteiger charge is 2.05. The molecule has 0 saturated heterocycles. The molecule has 0 amide bonds. The Kier molecular flexibility index (Phi) is 6.18. The fourth-order valence-electron chi connectivity index (χ4n) is 2.51. The lowest BCUT2D eigenvalue weighted by atomic mass is 10.2. The summed E-state index contributed by atoms with van der Waals surface area (Å²) in [6.45, 7) is 1.80. The summed E-state index contributed by atoms with van der Waals surface area (Å²) in [5, 5.41) is 0. The molecule has 2 nitrogen and oxygen atoms in total. The minimum atomic E-state index is 0.901. The number of unbranched alkanes of at least 4 members (excludes halogenated alkanes) is 3. The van der Waals surface area contributed by atoms with E-state index in [2.05, 4.69) is 12.2 Å². The third kappa shape index (κ3) is 5.16. The number of allylic oxidation sites excluding steroid dienone is 4. The highest BCUT2D eigenvalue weighted by Crippen LogP contribution is 2.20. The highest BCUT2D eigenvalue weighted by atomic mass is 16.5. The maximum absolute atomic E-state index is 5.71. The Morgan fingerprint density at radius 1 is 0.722 bits per heavy atom. The van der Waals surface area contributed by atoms with E-state index >= 15 is 0 Å². The summed E-state index contributed by atoms with van der Waals surface area (Å²) in [4.78, 5) is 0. The van der Waals surface area contributed by atoms with Crippen LogP contribution in [0.15, 0.2) is 23.7 Å². The van der Waals surface area contributed by atoms with Crippen LogP contribution in [0.4, 0.5) is 0 Å². The van der Waals surface area contributed by atoms with Crippen LogP contribution in [-0.2, 0) is 9.47 Å². The van der Waals surface area contributed by atoms with Crippen molar-refractivity contribution in [2.24, 2.45) is 0 Å². The van der Waals surface area contributed by atoms with Crippen molar-refractivity contribution in [3.8, 4) is 0 Å². The van der Waals surface area contributed by atoms with Gasteiger partial charge in [-0.05, 0) is 63.5 Å². The second-order valence-electron chi connectivity index (χ2n) is 5.24. The molecule has 0 unspecified atom stereocenters. The Morgan fingerprint density at radius 2 is 1.22 bits per heavy atom. The van der Waals surface area contributed by atoms with E-state index in [1.165, 1.54) is 62.9 Å². The van der Waals surface area contributed by atoms with E-state index in [1.54, 1.807) is 0 Å². The lowest BCUT2D eigenvalue weighted by Gasteiger charge is -2.08. The molecule has 0 aromatic rings. The average Bonchev–Trinajstić information content (AvgIpc) is 3.05. The van der Waals surface area contributed by atoms with Crippen LogP contribution in [0.5, 0.6) is 0 Å². The van der Waals surface area contributed by atoms with Crippen LogP contribution < -0.4 is 0 Å². The summed E-state index contributed by atoms with van der Waals surface area (Å²) in [5.41, 5.74) is 0. The third-order valence-electron chi connectivity index (χ3n) is 3.61. The maximum atomic E-state index is 5.71. The Labute approximate surface area is 111 Å². The first-order valence-corrected chi connectivity index (χ1v) is 7.59. The summed E-state index contributed by atoms with van der Waals surface area (Å²) in [6.07, 6.45) is 16.7. The summed E-state index contributed by atoms with van der Waals surface area (Å²) in [5.74, 6) is 2.46. The van der Waals surface area contributed by atoms with E-state index in [1.807, 2.05) is 0 Å². The van der Waals surface area contributed by atoms with Gasteiger partial charge in [0.15, 0.2) is 0 Å². The van der Waals surface area contributed by atoms with Crippen LogP contribution in [0.1, 0.15) is 64.2 Å². The van der Waals surface area contributed by atoms with Gasteiger partial charge in [0, 0.05) is 12.8 Å². The maximum Gasteiger partial charge on any atom is 0.0920 e. The smallest absolute Gasteiger partial charge is 0.0920 e. The molecule has 102 valence electrons. The molecule has 2 heteroatoms. The van der Waals surface area contributed by atoms with Gasteiger partial charge < -0.3 is 9.47 Å². The molecule has 2 rings (SSSR count). The second-order valence-corrected chi connectivity index (χ2v) is 5.24. The van der Waals surface area contributed by atoms with Gasteiger partial charge in [-0.3, -0.25) is 0 Å². The molecule has 0 N–H and O–H groups in total. The van der Waals surface area contributed by atoms with Gasteiger partial charge in [0.25, 0.3) is 0 Å². The third-order valence-corrected chi connectivity index (χ3v) is 3.61. The van der Waals surface area contributed by atoms with Crippen LogP contribution in [0.25, 0.3) is 0 Å². The second kappa shape index (κ2) is 8.23. The van der Waals surface area contributed by atoms with Gasteiger partial charge in [0.1, 0.15) is 0 Å². The van der Waals surface area contributed by atoms with Gasteiger partial charge in [0.2, 0.25) is 0 Å². The fourth-order valence-corrected chi connectivity index (χ4v) is 2.51. The molecular formula is C16H26O2. The Hall–Kier alpha value is -0.920. The molecule has 2 aliphatic carbocycles. The molecule has 0 aliphatic heterocycles. The Morgan fingerprint density at radius 3 is 1.61 bits per heavy atom. The highest BCUT2D eigenvalue weighted by molar-refractivity contribution is 4.99. The number of hydrogen-bond acceptors (Lipinski definition) is 2. The van der Waals surface area contributed by atoms with Gasteiger partial charge in [-0.15, -0.1) is 0 Å². The zero-order chi connectivity index (χ0) is 12.5. The molecule has 0 atom stereocenters. The van der Waals surface area contributed by atoms with Gasteiger partial charge in [-0.1, -0.05) is 0 Å². The van der Waals surface area contributed by atoms with Crippen LogP contribution >= 0.6 is 0 Å². The van der Waals surface area contributed by atoms with E-state index in [0.29, 0.717) is 0 Å². The predicted molar refractivity (Wildman–Crippen MR) is 74.2 cm³/mol. The fraction of sp³-hybridized carbons (Fsp3) is 0.750. The molecule has 0 spiro atoms. The largest absolute Gasteiger partial charge is 0.498 e. The standard InChI is InChI=1S/C16H26O2/c1(7-13-17-15-9-3-4-10-15)2-8-14-18-16-11-5-6-12-16/h9,11H,1-8,10,12-14H2. The Bertz CT molecular complexity index is 261. The summed E-state index contributed by atoms with van der Waals surface area (Å²) >= 11 is 0. The molecule has 0 heterocycles. The van der Waals surface area contributed by atoms with Crippen LogP contribution in [-0.4, -0.2) is 13.2 Å². The van der Waals surface area contributed by atoms with Crippen molar-refractivity contribution in [3.05, 3.63) is 23.7 Å². The SMILES string of the molecule is C1=C(OCCCCCCOC2=CCCC2)CCC1. The van der Waals surface area contributed by atoms with Crippen molar-refractivity contribution in [2.75, 3.05) is 13.2 Å². The van der Waals surface area contributed by atoms with Crippen molar-refractivity contribution in [1.82, 2.24) is 0 Å². The lowest BCUT2D eigenvalue weighted by Crippen LogP contribution is -1.96. The normalized spacial score (nSPS) is 18.7. The molecule has 0 bridgehead atoms. The van der Waals surface area contributed by atoms with Crippen molar-refractivity contribution in [1.29, 1.82) is 0 Å². The predicted octanol–water partition coefficient (Wildman–Crippen LogP) is 4.72. The quantitative estimate of drug-likeness (QED) is 0.551. The van der Waals surface area contributed by atoms with E-state index < -0.39 is 0 Å². The first-order chi connectivity index (χ1) is 8.95. The summed E-state index contributed by atoms with van der Waals surface area (Å²) in [7, 11) is 0. The van der Waals surface area contributed by atoms with Gasteiger partial charge in [-0.2, -0.15) is 0 Å². The van der Waals surface area contributed by atoms with Gasteiger partial charge in [0.05, 0.1) is 24.7 Å². The summed E-state index contributed by atoms with van der Waals surface area (Å²) in [6, 6.07) is 0. The summed E-state index contributed by atoms with van der Waals surface area (Å²) < 4.78 is 11.4. The minimum Gasteiger partial charge on any atom is -0.498 e. The molecule has 0 aromatic heterocycles. The molecule has 0 radical (unpaired) electrons. The molecule has 0 fully saturated rings. The number of rotatable bonds is 9. The van der Waals surface area contributed by atoms with Crippen molar-refractivity contribution in [3.63, 3.8) is 0 Å². The number of ether oxygens (including phenoxy) is 2. The van der Waals surface area contributed by atoms with Gasteiger partial charge >= 0.3 is 0 Å². The monoisotopic (exact) mass is 250 g/mol. The number of hydrogen-bond donors (Lipinski definition) is 0. The van der Waals surface area contributed by atoms with E-state index in [9.17, 15) is 0 Å².